The molecule has 1 aromatic heterocycles. The first-order valence-electron chi connectivity index (χ1n) is 7.23. The first-order chi connectivity index (χ1) is 10.5. The number of urea groups is 1. The summed E-state index contributed by atoms with van der Waals surface area (Å²) in [6, 6.07) is 9.64. The lowest BCUT2D eigenvalue weighted by Gasteiger charge is -2.16. The number of carbonyl (C=O) groups excluding carboxylic acids is 1. The predicted octanol–water partition coefficient (Wildman–Crippen LogP) is 3.33. The predicted molar refractivity (Wildman–Crippen MR) is 83.8 cm³/mol. The summed E-state index contributed by atoms with van der Waals surface area (Å²) >= 11 is 6.19. The molecular weight excluding hydrogens is 302 g/mol. The van der Waals surface area contributed by atoms with E-state index in [-0.39, 0.29) is 12.1 Å². The summed E-state index contributed by atoms with van der Waals surface area (Å²) < 4.78 is 5.00. The number of benzene rings is 1. The van der Waals surface area contributed by atoms with Gasteiger partial charge in [0.2, 0.25) is 0 Å². The van der Waals surface area contributed by atoms with Gasteiger partial charge in [0.25, 0.3) is 0 Å². The number of amides is 2. The average Bonchev–Trinajstić information content (AvgIpc) is 3.12. The van der Waals surface area contributed by atoms with Crippen LogP contribution in [0.15, 0.2) is 34.9 Å². The molecule has 0 radical (unpaired) electrons. The lowest BCUT2D eigenvalue weighted by atomic mass is 10.1. The summed E-state index contributed by atoms with van der Waals surface area (Å²) in [7, 11) is 1.74. The first kappa shape index (κ1) is 14.9. The summed E-state index contributed by atoms with van der Waals surface area (Å²) in [5, 5.41) is 7.68. The molecule has 6 heteroatoms. The number of aryl methyl sites for hydroxylation is 1. The number of hydrogen-bond acceptors (Lipinski definition) is 3. The van der Waals surface area contributed by atoms with E-state index in [2.05, 4.69) is 10.5 Å². The molecule has 116 valence electrons. The Morgan fingerprint density at radius 3 is 2.95 bits per heavy atom. The van der Waals surface area contributed by atoms with E-state index in [4.69, 9.17) is 16.1 Å². The molecule has 1 aromatic carbocycles. The van der Waals surface area contributed by atoms with E-state index in [1.54, 1.807) is 11.9 Å². The quantitative estimate of drug-likeness (QED) is 0.940. The molecule has 3 rings (SSSR count). The van der Waals surface area contributed by atoms with Gasteiger partial charge < -0.3 is 14.7 Å². The smallest absolute Gasteiger partial charge is 0.317 e. The SMILES string of the molecule is Cc1cc(CN(C)C(=O)N[C@@H]2C[C@@H]2c2ccccc2Cl)no1. The third-order valence-corrected chi connectivity index (χ3v) is 4.17. The molecule has 1 aliphatic rings. The molecular formula is C16H18ClN3O2. The average molecular weight is 320 g/mol. The molecule has 1 fully saturated rings. The molecule has 0 spiro atoms. The third-order valence-electron chi connectivity index (χ3n) is 3.83. The largest absolute Gasteiger partial charge is 0.361 e. The molecule has 5 nitrogen and oxygen atoms in total. The van der Waals surface area contributed by atoms with Crippen LogP contribution in [0.3, 0.4) is 0 Å². The van der Waals surface area contributed by atoms with Crippen molar-refractivity contribution in [1.29, 1.82) is 0 Å². The molecule has 2 atom stereocenters. The Kier molecular flexibility index (Phi) is 4.07. The van der Waals surface area contributed by atoms with E-state index in [0.717, 1.165) is 28.5 Å². The van der Waals surface area contributed by atoms with E-state index in [1.807, 2.05) is 37.3 Å². The number of hydrogen-bond donors (Lipinski definition) is 1. The third kappa shape index (κ3) is 3.25. The van der Waals surface area contributed by atoms with E-state index in [0.29, 0.717) is 12.5 Å². The van der Waals surface area contributed by atoms with Crippen LogP contribution in [0.1, 0.15) is 29.4 Å². The van der Waals surface area contributed by atoms with Gasteiger partial charge in [0, 0.05) is 30.1 Å². The lowest BCUT2D eigenvalue weighted by Crippen LogP contribution is -2.38. The van der Waals surface area contributed by atoms with Crippen molar-refractivity contribution < 1.29 is 9.32 Å². The Morgan fingerprint density at radius 1 is 1.50 bits per heavy atom. The Bertz CT molecular complexity index is 686. The van der Waals surface area contributed by atoms with Crippen molar-refractivity contribution in [3.63, 3.8) is 0 Å². The van der Waals surface area contributed by atoms with E-state index < -0.39 is 0 Å². The van der Waals surface area contributed by atoms with Gasteiger partial charge in [0.15, 0.2) is 0 Å². The van der Waals surface area contributed by atoms with Gasteiger partial charge in [-0.05, 0) is 25.0 Å². The standard InChI is InChI=1S/C16H18ClN3O2/c1-10-7-11(19-22-10)9-20(2)16(21)18-15-8-13(15)12-5-3-4-6-14(12)17/h3-7,13,15H,8-9H2,1-2H3,(H,18,21)/t13-,15-/m1/s1. The van der Waals surface area contributed by atoms with Gasteiger partial charge in [0.05, 0.1) is 6.54 Å². The van der Waals surface area contributed by atoms with E-state index in [1.165, 1.54) is 0 Å². The van der Waals surface area contributed by atoms with Crippen LogP contribution < -0.4 is 5.32 Å². The van der Waals surface area contributed by atoms with Crippen molar-refractivity contribution in [3.8, 4) is 0 Å². The fourth-order valence-corrected chi connectivity index (χ4v) is 2.83. The highest BCUT2D eigenvalue weighted by Crippen LogP contribution is 2.43. The molecule has 1 saturated carbocycles. The summed E-state index contributed by atoms with van der Waals surface area (Å²) in [5.41, 5.74) is 1.85. The molecule has 1 N–H and O–H groups in total. The Morgan fingerprint density at radius 2 is 2.27 bits per heavy atom. The van der Waals surface area contributed by atoms with Gasteiger partial charge >= 0.3 is 6.03 Å². The van der Waals surface area contributed by atoms with Crippen LogP contribution >= 0.6 is 11.6 Å². The van der Waals surface area contributed by atoms with Crippen molar-refractivity contribution in [1.82, 2.24) is 15.4 Å². The van der Waals surface area contributed by atoms with Crippen LogP contribution in [0.5, 0.6) is 0 Å². The minimum Gasteiger partial charge on any atom is -0.361 e. The minimum absolute atomic E-state index is 0.111. The topological polar surface area (TPSA) is 58.4 Å². The second-order valence-corrected chi connectivity index (χ2v) is 6.11. The highest BCUT2D eigenvalue weighted by molar-refractivity contribution is 6.31. The fourth-order valence-electron chi connectivity index (χ4n) is 2.55. The van der Waals surface area contributed by atoms with E-state index in [9.17, 15) is 4.79 Å². The molecule has 2 amide bonds. The number of nitrogens with zero attached hydrogens (tertiary/aromatic N) is 2. The Balaban J connectivity index is 1.54. The normalized spacial score (nSPS) is 19.8. The maximum Gasteiger partial charge on any atom is 0.317 e. The van der Waals surface area contributed by atoms with Gasteiger partial charge in [-0.1, -0.05) is 35.0 Å². The van der Waals surface area contributed by atoms with Crippen molar-refractivity contribution >= 4 is 17.6 Å². The van der Waals surface area contributed by atoms with Crippen molar-refractivity contribution in [2.75, 3.05) is 7.05 Å². The van der Waals surface area contributed by atoms with Gasteiger partial charge in [-0.2, -0.15) is 0 Å². The van der Waals surface area contributed by atoms with Crippen LogP contribution in [0, 0.1) is 6.92 Å². The second-order valence-electron chi connectivity index (χ2n) is 5.70. The molecule has 0 unspecified atom stereocenters. The fraction of sp³-hybridized carbons (Fsp3) is 0.375. The minimum atomic E-state index is -0.111. The Labute approximate surface area is 134 Å². The van der Waals surface area contributed by atoms with Gasteiger partial charge in [0.1, 0.15) is 11.5 Å². The van der Waals surface area contributed by atoms with Crippen LogP contribution in [0.4, 0.5) is 4.79 Å². The van der Waals surface area contributed by atoms with Crippen molar-refractivity contribution in [2.45, 2.75) is 31.8 Å². The molecule has 0 saturated heterocycles. The van der Waals surface area contributed by atoms with Crippen LogP contribution in [-0.4, -0.2) is 29.2 Å². The summed E-state index contributed by atoms with van der Waals surface area (Å²) in [6.45, 7) is 2.25. The highest BCUT2D eigenvalue weighted by atomic mass is 35.5. The first-order valence-corrected chi connectivity index (χ1v) is 7.60. The van der Waals surface area contributed by atoms with Crippen LogP contribution in [0.2, 0.25) is 5.02 Å². The zero-order valence-electron chi connectivity index (χ0n) is 12.5. The summed E-state index contributed by atoms with van der Waals surface area (Å²) in [6.07, 6.45) is 0.923. The van der Waals surface area contributed by atoms with Crippen molar-refractivity contribution in [2.24, 2.45) is 0 Å². The molecule has 2 aromatic rings. The summed E-state index contributed by atoms with van der Waals surface area (Å²) in [5.74, 6) is 1.05. The van der Waals surface area contributed by atoms with Gasteiger partial charge in [-0.15, -0.1) is 0 Å². The number of halogens is 1. The molecule has 22 heavy (non-hydrogen) atoms. The highest BCUT2D eigenvalue weighted by Gasteiger charge is 2.41. The Hall–Kier alpha value is -2.01. The second kappa shape index (κ2) is 6.01. The lowest BCUT2D eigenvalue weighted by molar-refractivity contribution is 0.205. The van der Waals surface area contributed by atoms with Crippen LogP contribution in [-0.2, 0) is 6.54 Å². The van der Waals surface area contributed by atoms with Gasteiger partial charge in [-0.25, -0.2) is 4.79 Å². The van der Waals surface area contributed by atoms with E-state index >= 15 is 0 Å². The monoisotopic (exact) mass is 319 g/mol. The zero-order valence-corrected chi connectivity index (χ0v) is 13.3. The molecule has 0 aliphatic heterocycles. The van der Waals surface area contributed by atoms with Gasteiger partial charge in [-0.3, -0.25) is 0 Å². The maximum absolute atomic E-state index is 12.2. The number of aromatic nitrogens is 1. The van der Waals surface area contributed by atoms with Crippen LogP contribution in [0.25, 0.3) is 0 Å². The maximum atomic E-state index is 12.2. The number of nitrogens with one attached hydrogen (secondary N) is 1. The van der Waals surface area contributed by atoms with Crippen molar-refractivity contribution in [3.05, 3.63) is 52.4 Å². The number of rotatable bonds is 4. The number of carbonyl (C=O) groups is 1. The molecule has 1 aliphatic carbocycles. The molecule has 0 bridgehead atoms. The zero-order chi connectivity index (χ0) is 15.7. The summed E-state index contributed by atoms with van der Waals surface area (Å²) in [4.78, 5) is 13.8. The molecule has 1 heterocycles.